The van der Waals surface area contributed by atoms with Gasteiger partial charge in [-0.3, -0.25) is 9.69 Å². The number of nitrogens with zero attached hydrogens (tertiary/aromatic N) is 5. The first-order valence-electron chi connectivity index (χ1n) is 11.2. The number of hydrogen-bond donors (Lipinski definition) is 1. The monoisotopic (exact) mass is 468 g/mol. The van der Waals surface area contributed by atoms with E-state index in [4.69, 9.17) is 16.3 Å². The number of carbonyl (C=O) groups is 1. The number of rotatable bonds is 9. The Kier molecular flexibility index (Phi) is 7.80. The summed E-state index contributed by atoms with van der Waals surface area (Å²) in [5.41, 5.74) is 2.24. The smallest absolute Gasteiger partial charge is 0.273 e. The molecular formula is C24H29ClN6O2. The van der Waals surface area contributed by atoms with Gasteiger partial charge in [-0.1, -0.05) is 28.9 Å². The van der Waals surface area contributed by atoms with Gasteiger partial charge < -0.3 is 15.0 Å². The van der Waals surface area contributed by atoms with E-state index < -0.39 is 0 Å². The van der Waals surface area contributed by atoms with Crippen LogP contribution in [0, 0.1) is 0 Å². The predicted molar refractivity (Wildman–Crippen MR) is 130 cm³/mol. The maximum atomic E-state index is 12.4. The Hall–Kier alpha value is -3.10. The molecule has 0 bridgehead atoms. The second-order valence-corrected chi connectivity index (χ2v) is 8.40. The van der Waals surface area contributed by atoms with E-state index >= 15 is 0 Å². The van der Waals surface area contributed by atoms with Crippen molar-refractivity contribution < 1.29 is 9.53 Å². The minimum Gasteiger partial charge on any atom is -0.497 e. The average Bonchev–Trinajstić information content (AvgIpc) is 3.35. The fourth-order valence-corrected chi connectivity index (χ4v) is 4.16. The molecule has 1 amide bonds. The van der Waals surface area contributed by atoms with Crippen LogP contribution in [0.5, 0.6) is 5.75 Å². The lowest BCUT2D eigenvalue weighted by molar-refractivity contribution is 0.0947. The van der Waals surface area contributed by atoms with Crippen molar-refractivity contribution >= 4 is 23.2 Å². The van der Waals surface area contributed by atoms with Crippen molar-refractivity contribution in [2.45, 2.75) is 12.8 Å². The highest BCUT2D eigenvalue weighted by Crippen LogP contribution is 2.26. The van der Waals surface area contributed by atoms with Crippen LogP contribution in [-0.2, 0) is 0 Å². The number of piperazine rings is 1. The minimum atomic E-state index is -0.205. The van der Waals surface area contributed by atoms with E-state index in [2.05, 4.69) is 31.5 Å². The van der Waals surface area contributed by atoms with Crippen molar-refractivity contribution in [2.75, 3.05) is 51.3 Å². The van der Waals surface area contributed by atoms with Gasteiger partial charge in [-0.05, 0) is 55.8 Å². The Bertz CT molecular complexity index is 1050. The van der Waals surface area contributed by atoms with Gasteiger partial charge in [0.2, 0.25) is 0 Å². The molecule has 4 rings (SSSR count). The third-order valence-electron chi connectivity index (χ3n) is 5.82. The van der Waals surface area contributed by atoms with Crippen LogP contribution in [0.3, 0.4) is 0 Å². The number of ether oxygens (including phenoxy) is 1. The Morgan fingerprint density at radius 3 is 2.55 bits per heavy atom. The lowest BCUT2D eigenvalue weighted by Crippen LogP contribution is -2.46. The number of amides is 1. The SMILES string of the molecule is COc1ccc(-n2cc(C(=O)NCCCCN3CCN(c4ccccc4Cl)CC3)nn2)cc1. The molecule has 0 aliphatic carbocycles. The second-order valence-electron chi connectivity index (χ2n) is 7.99. The normalized spacial score (nSPS) is 14.3. The van der Waals surface area contributed by atoms with Crippen LogP contribution in [0.15, 0.2) is 54.7 Å². The second kappa shape index (κ2) is 11.2. The number of benzene rings is 2. The molecule has 1 saturated heterocycles. The molecule has 33 heavy (non-hydrogen) atoms. The molecule has 0 radical (unpaired) electrons. The molecule has 1 aliphatic heterocycles. The van der Waals surface area contributed by atoms with Crippen LogP contribution in [0.4, 0.5) is 5.69 Å². The van der Waals surface area contributed by atoms with Gasteiger partial charge in [-0.2, -0.15) is 0 Å². The van der Waals surface area contributed by atoms with E-state index in [9.17, 15) is 4.79 Å². The Labute approximate surface area is 199 Å². The summed E-state index contributed by atoms with van der Waals surface area (Å²) in [6.45, 7) is 5.64. The van der Waals surface area contributed by atoms with E-state index in [1.54, 1.807) is 18.0 Å². The zero-order valence-corrected chi connectivity index (χ0v) is 19.5. The molecule has 2 heterocycles. The number of aromatic nitrogens is 3. The van der Waals surface area contributed by atoms with Crippen molar-refractivity contribution in [3.8, 4) is 11.4 Å². The van der Waals surface area contributed by atoms with Gasteiger partial charge in [0.15, 0.2) is 5.69 Å². The highest BCUT2D eigenvalue weighted by molar-refractivity contribution is 6.33. The van der Waals surface area contributed by atoms with Gasteiger partial charge in [-0.25, -0.2) is 4.68 Å². The number of carbonyl (C=O) groups excluding carboxylic acids is 1. The van der Waals surface area contributed by atoms with Gasteiger partial charge in [0.25, 0.3) is 5.91 Å². The maximum absolute atomic E-state index is 12.4. The fraction of sp³-hybridized carbons (Fsp3) is 0.375. The summed E-state index contributed by atoms with van der Waals surface area (Å²) in [4.78, 5) is 17.2. The summed E-state index contributed by atoms with van der Waals surface area (Å²) in [6, 6.07) is 15.4. The molecule has 1 aromatic heterocycles. The molecule has 9 heteroatoms. The van der Waals surface area contributed by atoms with Gasteiger partial charge in [0.1, 0.15) is 5.75 Å². The van der Waals surface area contributed by atoms with E-state index in [1.165, 1.54) is 0 Å². The van der Waals surface area contributed by atoms with E-state index in [0.29, 0.717) is 12.2 Å². The topological polar surface area (TPSA) is 75.5 Å². The highest BCUT2D eigenvalue weighted by atomic mass is 35.5. The standard InChI is InChI=1S/C24H29ClN6O2/c1-33-20-10-8-19(9-11-20)31-18-22(27-28-31)24(32)26-12-4-5-13-29-14-16-30(17-15-29)23-7-3-2-6-21(23)25/h2-3,6-11,18H,4-5,12-17H2,1H3,(H,26,32). The number of nitrogens with one attached hydrogen (secondary N) is 1. The van der Waals surface area contributed by atoms with Crippen molar-refractivity contribution in [3.05, 3.63) is 65.4 Å². The molecular weight excluding hydrogens is 440 g/mol. The summed E-state index contributed by atoms with van der Waals surface area (Å²) >= 11 is 6.32. The van der Waals surface area contributed by atoms with Gasteiger partial charge in [0, 0.05) is 32.7 Å². The van der Waals surface area contributed by atoms with Gasteiger partial charge in [-0.15, -0.1) is 5.10 Å². The lowest BCUT2D eigenvalue weighted by atomic mass is 10.2. The van der Waals surface area contributed by atoms with Crippen LogP contribution in [-0.4, -0.2) is 72.2 Å². The molecule has 0 saturated carbocycles. The van der Waals surface area contributed by atoms with Crippen molar-refractivity contribution in [1.29, 1.82) is 0 Å². The molecule has 0 atom stereocenters. The van der Waals surface area contributed by atoms with Crippen LogP contribution in [0.1, 0.15) is 23.3 Å². The quantitative estimate of drug-likeness (QED) is 0.486. The molecule has 1 aliphatic rings. The third kappa shape index (κ3) is 6.03. The summed E-state index contributed by atoms with van der Waals surface area (Å²) in [6.07, 6.45) is 3.59. The van der Waals surface area contributed by atoms with E-state index in [0.717, 1.165) is 67.7 Å². The first-order valence-corrected chi connectivity index (χ1v) is 11.6. The minimum absolute atomic E-state index is 0.205. The van der Waals surface area contributed by atoms with E-state index in [1.807, 2.05) is 42.5 Å². The molecule has 3 aromatic rings. The largest absolute Gasteiger partial charge is 0.497 e. The number of para-hydroxylation sites is 1. The molecule has 1 fully saturated rings. The molecule has 2 aromatic carbocycles. The fourth-order valence-electron chi connectivity index (χ4n) is 3.90. The summed E-state index contributed by atoms with van der Waals surface area (Å²) in [5, 5.41) is 11.8. The van der Waals surface area contributed by atoms with Crippen LogP contribution < -0.4 is 15.0 Å². The van der Waals surface area contributed by atoms with Crippen LogP contribution >= 0.6 is 11.6 Å². The number of hydrogen-bond acceptors (Lipinski definition) is 6. The first-order chi connectivity index (χ1) is 16.1. The Morgan fingerprint density at radius 1 is 1.06 bits per heavy atom. The Balaban J connectivity index is 1.14. The molecule has 0 unspecified atom stereocenters. The molecule has 1 N–H and O–H groups in total. The zero-order chi connectivity index (χ0) is 23.0. The third-order valence-corrected chi connectivity index (χ3v) is 6.13. The number of unbranched alkanes of at least 4 members (excludes halogenated alkanes) is 1. The van der Waals surface area contributed by atoms with Crippen molar-refractivity contribution in [3.63, 3.8) is 0 Å². The van der Waals surface area contributed by atoms with E-state index in [-0.39, 0.29) is 5.91 Å². The Morgan fingerprint density at radius 2 is 1.82 bits per heavy atom. The lowest BCUT2D eigenvalue weighted by Gasteiger charge is -2.36. The molecule has 8 nitrogen and oxygen atoms in total. The van der Waals surface area contributed by atoms with Crippen LogP contribution in [0.25, 0.3) is 5.69 Å². The summed E-state index contributed by atoms with van der Waals surface area (Å²) in [5.74, 6) is 0.558. The summed E-state index contributed by atoms with van der Waals surface area (Å²) < 4.78 is 6.74. The maximum Gasteiger partial charge on any atom is 0.273 e. The van der Waals surface area contributed by atoms with Gasteiger partial charge in [0.05, 0.1) is 29.7 Å². The highest BCUT2D eigenvalue weighted by Gasteiger charge is 2.18. The number of anilines is 1. The summed E-state index contributed by atoms with van der Waals surface area (Å²) in [7, 11) is 1.62. The number of halogens is 1. The van der Waals surface area contributed by atoms with Crippen molar-refractivity contribution in [2.24, 2.45) is 0 Å². The predicted octanol–water partition coefficient (Wildman–Crippen LogP) is 3.26. The van der Waals surface area contributed by atoms with Crippen LogP contribution in [0.2, 0.25) is 5.02 Å². The zero-order valence-electron chi connectivity index (χ0n) is 18.8. The average molecular weight is 469 g/mol. The molecule has 174 valence electrons. The first kappa shape index (κ1) is 23.1. The van der Waals surface area contributed by atoms with Gasteiger partial charge >= 0.3 is 0 Å². The molecule has 0 spiro atoms. The van der Waals surface area contributed by atoms with Crippen molar-refractivity contribution in [1.82, 2.24) is 25.2 Å². The number of methoxy groups -OCH3 is 1.